The molecule has 0 spiro atoms. The van der Waals surface area contributed by atoms with Gasteiger partial charge in [-0.25, -0.2) is 9.68 Å². The smallest absolute Gasteiger partial charge is 0.338 e. The van der Waals surface area contributed by atoms with Crippen molar-refractivity contribution in [2.75, 3.05) is 6.61 Å². The molecule has 0 aliphatic carbocycles. The van der Waals surface area contributed by atoms with Gasteiger partial charge < -0.3 is 24.3 Å². The van der Waals surface area contributed by atoms with Crippen LogP contribution in [0.25, 0.3) is 0 Å². The predicted octanol–water partition coefficient (Wildman–Crippen LogP) is 3.50. The second-order valence-corrected chi connectivity index (χ2v) is 8.94. The van der Waals surface area contributed by atoms with E-state index in [0.717, 1.165) is 5.56 Å². The Balaban J connectivity index is 1.62. The number of esters is 1. The molecule has 1 saturated heterocycles. The Morgan fingerprint density at radius 3 is 2.23 bits per heavy atom. The van der Waals surface area contributed by atoms with Gasteiger partial charge in [-0.3, -0.25) is 20.2 Å². The number of rotatable bonds is 11. The van der Waals surface area contributed by atoms with Crippen molar-refractivity contribution < 1.29 is 43.6 Å². The minimum atomic E-state index is -1.29. The fourth-order valence-corrected chi connectivity index (χ4v) is 4.21. The first kappa shape index (κ1) is 28.6. The van der Waals surface area contributed by atoms with E-state index in [1.165, 1.54) is 31.2 Å². The third kappa shape index (κ3) is 7.39. The number of nitro benzene ring substituents is 1. The van der Waals surface area contributed by atoms with Crippen molar-refractivity contribution in [2.45, 2.75) is 44.2 Å². The van der Waals surface area contributed by atoms with Gasteiger partial charge in [-0.2, -0.15) is 0 Å². The lowest BCUT2D eigenvalue weighted by Crippen LogP contribution is -2.67. The van der Waals surface area contributed by atoms with Gasteiger partial charge in [-0.05, 0) is 29.8 Å². The number of nitrogens with zero attached hydrogens (tertiary/aromatic N) is 1. The Morgan fingerprint density at radius 2 is 1.62 bits per heavy atom. The fraction of sp³-hybridized carbons (Fsp3) is 0.286. The maximum atomic E-state index is 13.0. The van der Waals surface area contributed by atoms with Gasteiger partial charge in [0.15, 0.2) is 12.2 Å². The van der Waals surface area contributed by atoms with Crippen LogP contribution in [0.4, 0.5) is 5.69 Å². The lowest BCUT2D eigenvalue weighted by molar-refractivity contribution is -0.384. The van der Waals surface area contributed by atoms with Gasteiger partial charge in [-0.1, -0.05) is 48.5 Å². The first-order valence-electron chi connectivity index (χ1n) is 12.4. The molecule has 0 aromatic heterocycles. The first-order valence-corrected chi connectivity index (χ1v) is 12.4. The van der Waals surface area contributed by atoms with E-state index < -0.39 is 47.4 Å². The molecule has 2 N–H and O–H groups in total. The zero-order valence-corrected chi connectivity index (χ0v) is 21.5. The lowest BCUT2D eigenvalue weighted by atomic mass is 9.96. The Hall–Kier alpha value is -4.36. The molecule has 0 unspecified atom stereocenters. The summed E-state index contributed by atoms with van der Waals surface area (Å²) in [6, 6.07) is 21.6. The van der Waals surface area contributed by atoms with Crippen LogP contribution in [0.2, 0.25) is 0 Å². The number of carbonyl (C=O) groups is 2. The maximum absolute atomic E-state index is 13.0. The van der Waals surface area contributed by atoms with Crippen molar-refractivity contribution in [2.24, 2.45) is 0 Å². The third-order valence-corrected chi connectivity index (χ3v) is 6.08. The van der Waals surface area contributed by atoms with Crippen molar-refractivity contribution in [3.05, 3.63) is 106 Å². The summed E-state index contributed by atoms with van der Waals surface area (Å²) in [6.07, 6.45) is -4.85. The Kier molecular flexibility index (Phi) is 9.76. The zero-order valence-electron chi connectivity index (χ0n) is 21.5. The van der Waals surface area contributed by atoms with Gasteiger partial charge in [0, 0.05) is 19.1 Å². The van der Waals surface area contributed by atoms with Crippen LogP contribution < -0.4 is 10.1 Å². The number of carbonyl (C=O) groups excluding carboxylic acids is 2. The number of non-ortho nitro benzene ring substituents is 1. The SMILES string of the molecule is CC(=O)N[C@H]1[C@H](Oc2ccc([N+](=O)[O-])cc2)O[C@H](COCc2ccccc2)[C@@H](OO)[C@@H]1OC(=O)c1ccccc1. The minimum Gasteiger partial charge on any atom is -0.463 e. The van der Waals surface area contributed by atoms with Crippen molar-refractivity contribution in [3.8, 4) is 5.75 Å². The molecule has 1 amide bonds. The molecule has 0 bridgehead atoms. The molecule has 210 valence electrons. The van der Waals surface area contributed by atoms with Crippen LogP contribution in [0.1, 0.15) is 22.8 Å². The van der Waals surface area contributed by atoms with E-state index in [-0.39, 0.29) is 30.2 Å². The number of nitrogens with one attached hydrogen (secondary N) is 1. The second kappa shape index (κ2) is 13.6. The molecule has 12 nitrogen and oxygen atoms in total. The molecule has 1 aliphatic heterocycles. The lowest BCUT2D eigenvalue weighted by Gasteiger charge is -2.44. The average Bonchev–Trinajstić information content (AvgIpc) is 2.96. The van der Waals surface area contributed by atoms with Crippen molar-refractivity contribution in [1.82, 2.24) is 5.32 Å². The quantitative estimate of drug-likeness (QED) is 0.156. The Labute approximate surface area is 229 Å². The highest BCUT2D eigenvalue weighted by Crippen LogP contribution is 2.30. The van der Waals surface area contributed by atoms with Gasteiger partial charge in [0.25, 0.3) is 5.69 Å². The van der Waals surface area contributed by atoms with Crippen LogP contribution in [0.5, 0.6) is 5.75 Å². The Morgan fingerprint density at radius 1 is 0.975 bits per heavy atom. The molecule has 1 heterocycles. The van der Waals surface area contributed by atoms with Crippen molar-refractivity contribution in [3.63, 3.8) is 0 Å². The monoisotopic (exact) mass is 552 g/mol. The van der Waals surface area contributed by atoms with E-state index in [1.807, 2.05) is 30.3 Å². The molecule has 1 aliphatic rings. The van der Waals surface area contributed by atoms with Crippen LogP contribution in [-0.2, 0) is 30.5 Å². The standard InChI is InChI=1S/C28H28N2O10/c1-18(31)29-24-26(39-27(32)20-10-6-3-7-11-20)25(40-35)23(17-36-16-19-8-4-2-5-9-19)38-28(24)37-22-14-12-21(13-15-22)30(33)34/h2-15,23-26,28,35H,16-17H2,1H3,(H,29,31)/t23-,24-,25-,26-,28-/m1/s1. The van der Waals surface area contributed by atoms with Crippen LogP contribution in [0.3, 0.4) is 0 Å². The maximum Gasteiger partial charge on any atom is 0.338 e. The molecule has 0 saturated carbocycles. The Bertz CT molecular complexity index is 1270. The van der Waals surface area contributed by atoms with Crippen molar-refractivity contribution >= 4 is 17.6 Å². The summed E-state index contributed by atoms with van der Waals surface area (Å²) in [4.78, 5) is 40.4. The van der Waals surface area contributed by atoms with Gasteiger partial charge in [0.1, 0.15) is 17.9 Å². The van der Waals surface area contributed by atoms with Crippen LogP contribution in [0, 0.1) is 10.1 Å². The highest BCUT2D eigenvalue weighted by molar-refractivity contribution is 5.89. The average molecular weight is 553 g/mol. The number of hydrogen-bond acceptors (Lipinski definition) is 10. The summed E-state index contributed by atoms with van der Waals surface area (Å²) < 4.78 is 23.6. The largest absolute Gasteiger partial charge is 0.463 e. The van der Waals surface area contributed by atoms with Crippen molar-refractivity contribution in [1.29, 1.82) is 0 Å². The van der Waals surface area contributed by atoms with E-state index in [2.05, 4.69) is 5.32 Å². The summed E-state index contributed by atoms with van der Waals surface area (Å²) >= 11 is 0. The molecule has 3 aromatic rings. The minimum absolute atomic E-state index is 0.105. The fourth-order valence-electron chi connectivity index (χ4n) is 4.21. The molecule has 40 heavy (non-hydrogen) atoms. The summed E-state index contributed by atoms with van der Waals surface area (Å²) in [7, 11) is 0. The number of amides is 1. The van der Waals surface area contributed by atoms with Gasteiger partial charge in [-0.15, -0.1) is 0 Å². The van der Waals surface area contributed by atoms with Gasteiger partial charge >= 0.3 is 5.97 Å². The molecule has 5 atom stereocenters. The topological polar surface area (TPSA) is 156 Å². The molecular weight excluding hydrogens is 524 g/mol. The van der Waals surface area contributed by atoms with Gasteiger partial charge in [0.2, 0.25) is 12.2 Å². The van der Waals surface area contributed by atoms with Crippen LogP contribution in [-0.4, -0.2) is 59.3 Å². The first-order chi connectivity index (χ1) is 19.4. The molecule has 1 fully saturated rings. The van der Waals surface area contributed by atoms with Gasteiger partial charge in [0.05, 0.1) is 23.7 Å². The van der Waals surface area contributed by atoms with Crippen LogP contribution >= 0.6 is 0 Å². The normalized spacial score (nSPS) is 22.2. The molecule has 4 rings (SSSR count). The van der Waals surface area contributed by atoms with E-state index in [1.54, 1.807) is 30.3 Å². The highest BCUT2D eigenvalue weighted by Gasteiger charge is 2.51. The molecule has 3 aromatic carbocycles. The third-order valence-electron chi connectivity index (χ3n) is 6.08. The van der Waals surface area contributed by atoms with E-state index in [4.69, 9.17) is 23.8 Å². The van der Waals surface area contributed by atoms with Crippen LogP contribution in [0.15, 0.2) is 84.9 Å². The highest BCUT2D eigenvalue weighted by atomic mass is 17.1. The number of benzene rings is 3. The van der Waals surface area contributed by atoms with E-state index >= 15 is 0 Å². The predicted molar refractivity (Wildman–Crippen MR) is 139 cm³/mol. The summed E-state index contributed by atoms with van der Waals surface area (Å²) in [5, 5.41) is 23.6. The summed E-state index contributed by atoms with van der Waals surface area (Å²) in [5.74, 6) is -1.04. The number of nitro groups is 1. The number of ether oxygens (including phenoxy) is 4. The summed E-state index contributed by atoms with van der Waals surface area (Å²) in [5.41, 5.74) is 0.976. The second-order valence-electron chi connectivity index (χ2n) is 8.94. The zero-order chi connectivity index (χ0) is 28.5. The van der Waals surface area contributed by atoms with E-state index in [9.17, 15) is 25.0 Å². The summed E-state index contributed by atoms with van der Waals surface area (Å²) in [6.45, 7) is 1.37. The molecule has 12 heteroatoms. The number of hydrogen-bond donors (Lipinski definition) is 2. The van der Waals surface area contributed by atoms with E-state index in [0.29, 0.717) is 0 Å². The molecular formula is C28H28N2O10. The molecule has 0 radical (unpaired) electrons.